The van der Waals surface area contributed by atoms with Crippen LogP contribution in [-0.2, 0) is 10.0 Å². The number of nitrogens with zero attached hydrogens (tertiary/aromatic N) is 1. The number of pyridine rings is 1. The molecule has 0 atom stereocenters. The number of benzene rings is 1. The summed E-state index contributed by atoms with van der Waals surface area (Å²) in [6.07, 6.45) is 0. The molecule has 0 aliphatic carbocycles. The third-order valence-corrected chi connectivity index (χ3v) is 5.11. The van der Waals surface area contributed by atoms with Gasteiger partial charge < -0.3 is 5.73 Å². The van der Waals surface area contributed by atoms with E-state index >= 15 is 0 Å². The maximum Gasteiger partial charge on any atom is 0.264 e. The Kier molecular flexibility index (Phi) is 4.54. The van der Waals surface area contributed by atoms with Gasteiger partial charge in [-0.25, -0.2) is 17.8 Å². The lowest BCUT2D eigenvalue weighted by molar-refractivity contribution is 0.599. The van der Waals surface area contributed by atoms with E-state index in [9.17, 15) is 12.8 Å². The SMILES string of the molecule is Cc1nc(Br)ccc1NS(=O)(=O)c1cc(Br)c(F)cc1N. The van der Waals surface area contributed by atoms with Crippen LogP contribution in [0.1, 0.15) is 5.69 Å². The molecular formula is C12H10Br2FN3O2S. The van der Waals surface area contributed by atoms with Crippen LogP contribution in [-0.4, -0.2) is 13.4 Å². The first-order valence-electron chi connectivity index (χ1n) is 5.61. The number of sulfonamides is 1. The standard InChI is InChI=1S/C12H10Br2FN3O2S/c1-6-10(2-3-12(14)17-6)18-21(19,20)11-4-7(13)8(15)5-9(11)16/h2-5,18H,16H2,1H3. The average Bonchev–Trinajstić information content (AvgIpc) is 2.37. The molecule has 9 heteroatoms. The van der Waals surface area contributed by atoms with E-state index in [1.54, 1.807) is 19.1 Å². The second-order valence-corrected chi connectivity index (χ2v) is 7.49. The van der Waals surface area contributed by atoms with Gasteiger partial charge in [0, 0.05) is 0 Å². The summed E-state index contributed by atoms with van der Waals surface area (Å²) in [5.41, 5.74) is 6.22. The van der Waals surface area contributed by atoms with Crippen LogP contribution in [0.3, 0.4) is 0 Å². The third-order valence-electron chi connectivity index (χ3n) is 2.64. The summed E-state index contributed by atoms with van der Waals surface area (Å²) in [5, 5.41) is 0. The van der Waals surface area contributed by atoms with Gasteiger partial charge in [0.2, 0.25) is 0 Å². The Bertz CT molecular complexity index is 812. The summed E-state index contributed by atoms with van der Waals surface area (Å²) in [6, 6.07) is 5.24. The molecule has 2 aromatic rings. The zero-order chi connectivity index (χ0) is 15.8. The smallest absolute Gasteiger partial charge is 0.264 e. The lowest BCUT2D eigenvalue weighted by Crippen LogP contribution is -2.16. The number of hydrogen-bond acceptors (Lipinski definition) is 4. The van der Waals surface area contributed by atoms with E-state index in [0.29, 0.717) is 16.0 Å². The molecule has 0 fully saturated rings. The van der Waals surface area contributed by atoms with Crippen LogP contribution in [0.25, 0.3) is 0 Å². The summed E-state index contributed by atoms with van der Waals surface area (Å²) in [5.74, 6) is -0.632. The molecule has 1 heterocycles. The monoisotopic (exact) mass is 437 g/mol. The number of nitrogens with one attached hydrogen (secondary N) is 1. The number of nitrogen functional groups attached to an aromatic ring is 1. The van der Waals surface area contributed by atoms with E-state index in [4.69, 9.17) is 5.73 Å². The molecular weight excluding hydrogens is 429 g/mol. The van der Waals surface area contributed by atoms with Gasteiger partial charge in [-0.15, -0.1) is 0 Å². The Balaban J connectivity index is 2.46. The van der Waals surface area contributed by atoms with Crippen molar-refractivity contribution in [1.29, 1.82) is 0 Å². The van der Waals surface area contributed by atoms with Gasteiger partial charge in [-0.05, 0) is 63.0 Å². The zero-order valence-corrected chi connectivity index (χ0v) is 14.7. The summed E-state index contributed by atoms with van der Waals surface area (Å²) in [4.78, 5) is 3.88. The number of nitrogens with two attached hydrogens (primary N) is 1. The predicted octanol–water partition coefficient (Wildman–Crippen LogP) is 3.44. The second kappa shape index (κ2) is 5.90. The van der Waals surface area contributed by atoms with Crippen molar-refractivity contribution in [2.45, 2.75) is 11.8 Å². The van der Waals surface area contributed by atoms with Crippen LogP contribution >= 0.6 is 31.9 Å². The minimum atomic E-state index is -3.95. The highest BCUT2D eigenvalue weighted by molar-refractivity contribution is 9.10. The lowest BCUT2D eigenvalue weighted by Gasteiger charge is -2.12. The topological polar surface area (TPSA) is 85.1 Å². The number of aromatic nitrogens is 1. The highest BCUT2D eigenvalue weighted by Gasteiger charge is 2.20. The largest absolute Gasteiger partial charge is 0.398 e. The first kappa shape index (κ1) is 16.2. The van der Waals surface area contributed by atoms with Crippen molar-refractivity contribution in [1.82, 2.24) is 4.98 Å². The Hall–Kier alpha value is -1.19. The number of aryl methyl sites for hydroxylation is 1. The Labute approximate surface area is 138 Å². The van der Waals surface area contributed by atoms with Gasteiger partial charge in [0.1, 0.15) is 15.3 Å². The van der Waals surface area contributed by atoms with E-state index in [1.807, 2.05) is 0 Å². The molecule has 0 spiro atoms. The first-order valence-corrected chi connectivity index (χ1v) is 8.68. The van der Waals surface area contributed by atoms with Gasteiger partial charge in [0.05, 0.1) is 21.5 Å². The maximum atomic E-state index is 13.3. The quantitative estimate of drug-likeness (QED) is 0.567. The van der Waals surface area contributed by atoms with Crippen molar-refractivity contribution in [3.63, 3.8) is 0 Å². The molecule has 0 aliphatic heterocycles. The van der Waals surface area contributed by atoms with Gasteiger partial charge in [-0.2, -0.15) is 0 Å². The highest BCUT2D eigenvalue weighted by atomic mass is 79.9. The van der Waals surface area contributed by atoms with Crippen LogP contribution in [0.4, 0.5) is 15.8 Å². The lowest BCUT2D eigenvalue weighted by atomic mass is 10.3. The van der Waals surface area contributed by atoms with Crippen molar-refractivity contribution in [3.05, 3.63) is 44.9 Å². The average molecular weight is 439 g/mol. The molecule has 0 saturated carbocycles. The van der Waals surface area contributed by atoms with Crippen molar-refractivity contribution < 1.29 is 12.8 Å². The van der Waals surface area contributed by atoms with E-state index in [1.165, 1.54) is 0 Å². The fourth-order valence-corrected chi connectivity index (χ4v) is 3.77. The molecule has 3 N–H and O–H groups in total. The van der Waals surface area contributed by atoms with E-state index < -0.39 is 15.8 Å². The van der Waals surface area contributed by atoms with E-state index in [-0.39, 0.29) is 15.1 Å². The molecule has 112 valence electrons. The van der Waals surface area contributed by atoms with Crippen molar-refractivity contribution >= 4 is 53.3 Å². The summed E-state index contributed by atoms with van der Waals surface area (Å²) in [6.45, 7) is 1.66. The summed E-state index contributed by atoms with van der Waals surface area (Å²) < 4.78 is 41.0. The molecule has 2 rings (SSSR count). The van der Waals surface area contributed by atoms with E-state index in [2.05, 4.69) is 41.6 Å². The Morgan fingerprint density at radius 1 is 1.29 bits per heavy atom. The molecule has 0 amide bonds. The molecule has 0 aliphatic rings. The van der Waals surface area contributed by atoms with Gasteiger partial charge in [0.15, 0.2) is 0 Å². The minimum Gasteiger partial charge on any atom is -0.398 e. The molecule has 0 saturated heterocycles. The van der Waals surface area contributed by atoms with Crippen LogP contribution < -0.4 is 10.5 Å². The molecule has 0 radical (unpaired) electrons. The minimum absolute atomic E-state index is 0.0164. The molecule has 21 heavy (non-hydrogen) atoms. The Morgan fingerprint density at radius 2 is 1.95 bits per heavy atom. The van der Waals surface area contributed by atoms with Crippen molar-refractivity contribution in [2.75, 3.05) is 10.5 Å². The molecule has 1 aromatic heterocycles. The van der Waals surface area contributed by atoms with Crippen LogP contribution in [0.2, 0.25) is 0 Å². The Morgan fingerprint density at radius 3 is 2.57 bits per heavy atom. The van der Waals surface area contributed by atoms with Gasteiger partial charge in [-0.3, -0.25) is 4.72 Å². The fraction of sp³-hybridized carbons (Fsp3) is 0.0833. The maximum absolute atomic E-state index is 13.3. The van der Waals surface area contributed by atoms with Crippen molar-refractivity contribution in [2.24, 2.45) is 0 Å². The first-order chi connectivity index (χ1) is 9.70. The fourth-order valence-electron chi connectivity index (χ4n) is 1.61. The number of halogens is 3. The number of anilines is 2. The molecule has 1 aromatic carbocycles. The van der Waals surface area contributed by atoms with Crippen LogP contribution in [0.15, 0.2) is 38.2 Å². The summed E-state index contributed by atoms with van der Waals surface area (Å²) in [7, 11) is -3.95. The second-order valence-electron chi connectivity index (χ2n) is 4.18. The van der Waals surface area contributed by atoms with E-state index in [0.717, 1.165) is 12.1 Å². The van der Waals surface area contributed by atoms with Gasteiger partial charge in [0.25, 0.3) is 10.0 Å². The molecule has 5 nitrogen and oxygen atoms in total. The number of hydrogen-bond donors (Lipinski definition) is 2. The van der Waals surface area contributed by atoms with Gasteiger partial charge in [-0.1, -0.05) is 0 Å². The summed E-state index contributed by atoms with van der Waals surface area (Å²) >= 11 is 6.13. The zero-order valence-electron chi connectivity index (χ0n) is 10.7. The molecule has 0 unspecified atom stereocenters. The number of rotatable bonds is 3. The predicted molar refractivity (Wildman–Crippen MR) is 86.0 cm³/mol. The van der Waals surface area contributed by atoms with Gasteiger partial charge >= 0.3 is 0 Å². The van der Waals surface area contributed by atoms with Crippen LogP contribution in [0.5, 0.6) is 0 Å². The molecule has 0 bridgehead atoms. The normalized spacial score (nSPS) is 11.4. The highest BCUT2D eigenvalue weighted by Crippen LogP contribution is 2.28. The van der Waals surface area contributed by atoms with Crippen LogP contribution in [0, 0.1) is 12.7 Å². The third kappa shape index (κ3) is 3.53. The van der Waals surface area contributed by atoms with Crippen molar-refractivity contribution in [3.8, 4) is 0 Å².